The Morgan fingerprint density at radius 2 is 2.00 bits per heavy atom. The lowest BCUT2D eigenvalue weighted by molar-refractivity contribution is 0.0610. The van der Waals surface area contributed by atoms with Crippen LogP contribution >= 0.6 is 0 Å². The van der Waals surface area contributed by atoms with Crippen LogP contribution in [0.2, 0.25) is 0 Å². The molecule has 1 aromatic rings. The van der Waals surface area contributed by atoms with Crippen LogP contribution in [-0.2, 0) is 0 Å². The zero-order valence-electron chi connectivity index (χ0n) is 14.4. The normalized spacial score (nSPS) is 29.2. The average molecular weight is 326 g/mol. The number of rotatable bonds is 4. The van der Waals surface area contributed by atoms with Crippen LogP contribution in [0.5, 0.6) is 5.75 Å². The molecule has 0 N–H and O–H groups in total. The van der Waals surface area contributed by atoms with Crippen molar-refractivity contribution in [3.63, 3.8) is 0 Å². The summed E-state index contributed by atoms with van der Waals surface area (Å²) in [5, 5.41) is 0. The van der Waals surface area contributed by atoms with Crippen molar-refractivity contribution in [3.05, 3.63) is 42.0 Å². The zero-order chi connectivity index (χ0) is 16.5. The van der Waals surface area contributed by atoms with E-state index in [1.807, 2.05) is 29.2 Å². The van der Waals surface area contributed by atoms with Gasteiger partial charge in [0.1, 0.15) is 5.75 Å². The maximum absolute atomic E-state index is 12.7. The van der Waals surface area contributed by atoms with E-state index in [4.69, 9.17) is 4.74 Å². The molecule has 128 valence electrons. The van der Waals surface area contributed by atoms with Gasteiger partial charge in [-0.2, -0.15) is 0 Å². The Bertz CT molecular complexity index is 634. The second-order valence-corrected chi connectivity index (χ2v) is 7.37. The quantitative estimate of drug-likeness (QED) is 0.798. The molecule has 1 aromatic carbocycles. The lowest BCUT2D eigenvalue weighted by Gasteiger charge is -2.37. The molecule has 0 unspecified atom stereocenters. The number of ether oxygens (including phenoxy) is 1. The van der Waals surface area contributed by atoms with Crippen LogP contribution in [0, 0.1) is 17.8 Å². The molecule has 0 spiro atoms. The molecule has 1 amide bonds. The maximum Gasteiger partial charge on any atom is 0.254 e. The van der Waals surface area contributed by atoms with Crippen molar-refractivity contribution in [2.75, 3.05) is 39.8 Å². The fraction of sp³-hybridized carbons (Fsp3) is 0.550. The van der Waals surface area contributed by atoms with E-state index in [0.717, 1.165) is 55.2 Å². The molecule has 4 rings (SSSR count). The van der Waals surface area contributed by atoms with E-state index in [1.54, 1.807) is 7.11 Å². The van der Waals surface area contributed by atoms with Crippen LogP contribution in [0.15, 0.2) is 36.4 Å². The van der Waals surface area contributed by atoms with Crippen molar-refractivity contribution in [2.45, 2.75) is 12.8 Å². The van der Waals surface area contributed by atoms with Gasteiger partial charge in [0.2, 0.25) is 0 Å². The molecule has 3 aliphatic rings. The molecule has 4 nitrogen and oxygen atoms in total. The van der Waals surface area contributed by atoms with Crippen LogP contribution in [0.4, 0.5) is 0 Å². The standard InChI is InChI=1S/C20H26N2O2/c1-24-19-4-2-3-17(13-19)20(23)22-9-7-21(8-10-22)14-18-12-15-5-6-16(18)11-15/h2-6,13,15-16,18H,7-12,14H2,1H3/t15-,16+,18-/m0/s1. The Labute approximate surface area is 144 Å². The van der Waals surface area contributed by atoms with Gasteiger partial charge in [0.15, 0.2) is 0 Å². The van der Waals surface area contributed by atoms with Gasteiger partial charge < -0.3 is 9.64 Å². The number of methoxy groups -OCH3 is 1. The summed E-state index contributed by atoms with van der Waals surface area (Å²) < 4.78 is 5.22. The van der Waals surface area contributed by atoms with Gasteiger partial charge in [0.25, 0.3) is 5.91 Å². The number of piperazine rings is 1. The third-order valence-corrected chi connectivity index (χ3v) is 5.89. The molecule has 1 saturated carbocycles. The van der Waals surface area contributed by atoms with Gasteiger partial charge in [0, 0.05) is 38.3 Å². The Morgan fingerprint density at radius 1 is 1.17 bits per heavy atom. The molecule has 2 bridgehead atoms. The zero-order valence-corrected chi connectivity index (χ0v) is 14.4. The molecule has 2 fully saturated rings. The Balaban J connectivity index is 1.31. The van der Waals surface area contributed by atoms with Gasteiger partial charge in [-0.15, -0.1) is 0 Å². The molecule has 0 radical (unpaired) electrons. The van der Waals surface area contributed by atoms with Gasteiger partial charge in [-0.25, -0.2) is 0 Å². The van der Waals surface area contributed by atoms with E-state index in [2.05, 4.69) is 17.1 Å². The van der Waals surface area contributed by atoms with Gasteiger partial charge in [-0.1, -0.05) is 18.2 Å². The van der Waals surface area contributed by atoms with E-state index >= 15 is 0 Å². The van der Waals surface area contributed by atoms with Crippen LogP contribution < -0.4 is 4.74 Å². The van der Waals surface area contributed by atoms with E-state index < -0.39 is 0 Å². The maximum atomic E-state index is 12.7. The van der Waals surface area contributed by atoms with Gasteiger partial charge >= 0.3 is 0 Å². The summed E-state index contributed by atoms with van der Waals surface area (Å²) in [5.74, 6) is 3.35. The number of hydrogen-bond donors (Lipinski definition) is 0. The monoisotopic (exact) mass is 326 g/mol. The van der Waals surface area contributed by atoms with Gasteiger partial charge in [-0.3, -0.25) is 9.69 Å². The first-order valence-corrected chi connectivity index (χ1v) is 9.07. The first kappa shape index (κ1) is 15.7. The van der Waals surface area contributed by atoms with Gasteiger partial charge in [0.05, 0.1) is 7.11 Å². The number of fused-ring (bicyclic) bond motifs is 2. The predicted octanol–water partition coefficient (Wildman–Crippen LogP) is 2.67. The number of hydrogen-bond acceptors (Lipinski definition) is 3. The Morgan fingerprint density at radius 3 is 2.67 bits per heavy atom. The third-order valence-electron chi connectivity index (χ3n) is 5.89. The minimum atomic E-state index is 0.122. The molecular formula is C20H26N2O2. The first-order chi connectivity index (χ1) is 11.7. The molecule has 4 heteroatoms. The molecular weight excluding hydrogens is 300 g/mol. The molecule has 1 aliphatic heterocycles. The number of nitrogens with zero attached hydrogens (tertiary/aromatic N) is 2. The topological polar surface area (TPSA) is 32.8 Å². The molecule has 1 heterocycles. The van der Waals surface area contributed by atoms with Gasteiger partial charge in [-0.05, 0) is 48.8 Å². The highest BCUT2D eigenvalue weighted by Gasteiger charge is 2.36. The lowest BCUT2D eigenvalue weighted by atomic mass is 9.93. The number of benzene rings is 1. The summed E-state index contributed by atoms with van der Waals surface area (Å²) in [6, 6.07) is 7.46. The third kappa shape index (κ3) is 3.07. The second-order valence-electron chi connectivity index (χ2n) is 7.37. The van der Waals surface area contributed by atoms with Crippen molar-refractivity contribution >= 4 is 5.91 Å². The number of carbonyl (C=O) groups excluding carboxylic acids is 1. The smallest absolute Gasteiger partial charge is 0.254 e. The largest absolute Gasteiger partial charge is 0.497 e. The Hall–Kier alpha value is -1.81. The fourth-order valence-corrected chi connectivity index (χ4v) is 4.51. The summed E-state index contributed by atoms with van der Waals surface area (Å²) >= 11 is 0. The highest BCUT2D eigenvalue weighted by Crippen LogP contribution is 2.43. The minimum absolute atomic E-state index is 0.122. The highest BCUT2D eigenvalue weighted by molar-refractivity contribution is 5.94. The molecule has 3 atom stereocenters. The predicted molar refractivity (Wildman–Crippen MR) is 94.2 cm³/mol. The summed E-state index contributed by atoms with van der Waals surface area (Å²) in [5.41, 5.74) is 0.723. The lowest BCUT2D eigenvalue weighted by Crippen LogP contribution is -2.50. The van der Waals surface area contributed by atoms with E-state index in [-0.39, 0.29) is 5.91 Å². The second kappa shape index (κ2) is 6.60. The summed E-state index contributed by atoms with van der Waals surface area (Å²) in [4.78, 5) is 17.2. The van der Waals surface area contributed by atoms with Crippen LogP contribution in [-0.4, -0.2) is 55.5 Å². The van der Waals surface area contributed by atoms with Crippen molar-refractivity contribution in [3.8, 4) is 5.75 Å². The molecule has 1 saturated heterocycles. The fourth-order valence-electron chi connectivity index (χ4n) is 4.51. The van der Waals surface area contributed by atoms with E-state index in [1.165, 1.54) is 19.4 Å². The van der Waals surface area contributed by atoms with Crippen molar-refractivity contribution < 1.29 is 9.53 Å². The number of amides is 1. The summed E-state index contributed by atoms with van der Waals surface area (Å²) in [6.45, 7) is 4.84. The average Bonchev–Trinajstić information content (AvgIpc) is 3.25. The van der Waals surface area contributed by atoms with Crippen molar-refractivity contribution in [1.82, 2.24) is 9.80 Å². The molecule has 2 aliphatic carbocycles. The van der Waals surface area contributed by atoms with Crippen molar-refractivity contribution in [1.29, 1.82) is 0 Å². The van der Waals surface area contributed by atoms with Crippen LogP contribution in [0.3, 0.4) is 0 Å². The van der Waals surface area contributed by atoms with E-state index in [9.17, 15) is 4.79 Å². The Kier molecular flexibility index (Phi) is 4.31. The molecule has 24 heavy (non-hydrogen) atoms. The number of allylic oxidation sites excluding steroid dienone is 2. The summed E-state index contributed by atoms with van der Waals surface area (Å²) in [6.07, 6.45) is 7.58. The first-order valence-electron chi connectivity index (χ1n) is 9.07. The summed E-state index contributed by atoms with van der Waals surface area (Å²) in [7, 11) is 1.63. The highest BCUT2D eigenvalue weighted by atomic mass is 16.5. The minimum Gasteiger partial charge on any atom is -0.497 e. The van der Waals surface area contributed by atoms with Crippen LogP contribution in [0.1, 0.15) is 23.2 Å². The SMILES string of the molecule is COc1cccc(C(=O)N2CCN(C[C@@H]3C[C@H]4C=C[C@@H]3C4)CC2)c1. The van der Waals surface area contributed by atoms with Crippen molar-refractivity contribution in [2.24, 2.45) is 17.8 Å². The number of carbonyl (C=O) groups is 1. The van der Waals surface area contributed by atoms with E-state index in [0.29, 0.717) is 0 Å². The van der Waals surface area contributed by atoms with Crippen LogP contribution in [0.25, 0.3) is 0 Å². The molecule has 0 aromatic heterocycles.